The summed E-state index contributed by atoms with van der Waals surface area (Å²) < 4.78 is 7.64. The number of carbonyl (C=O) groups excluding carboxylic acids is 2. The van der Waals surface area contributed by atoms with Gasteiger partial charge in [-0.15, -0.1) is 0 Å². The van der Waals surface area contributed by atoms with E-state index in [-0.39, 0.29) is 29.8 Å². The zero-order valence-electron chi connectivity index (χ0n) is 21.7. The van der Waals surface area contributed by atoms with Gasteiger partial charge in [-0.2, -0.15) is 5.26 Å². The lowest BCUT2D eigenvalue weighted by atomic mass is 9.90. The molecule has 8 nitrogen and oxygen atoms in total. The highest BCUT2D eigenvalue weighted by Gasteiger charge is 2.33. The first kappa shape index (κ1) is 26.0. The minimum absolute atomic E-state index is 0.0485. The van der Waals surface area contributed by atoms with Crippen molar-refractivity contribution in [2.45, 2.75) is 72.4 Å². The van der Waals surface area contributed by atoms with E-state index in [4.69, 9.17) is 16.3 Å². The fourth-order valence-electron chi connectivity index (χ4n) is 5.10. The lowest BCUT2D eigenvalue weighted by Gasteiger charge is -2.33. The standard InChI is InChI=1S/C27H34ClN5O3/c1-26(2,3)36-25(35)32-8-6-7-17(15-32)9-24(34)31-23-11-19(20(28)14-30-23)21-10-18(13-29)22-12-27(4,5)16-33(21)22/h10-11,14,17H,6-9,12,15-16H2,1-5H3,(H,30,31,34)/t17-/m0/s1. The lowest BCUT2D eigenvalue weighted by molar-refractivity contribution is -0.117. The monoisotopic (exact) mass is 511 g/mol. The average molecular weight is 512 g/mol. The number of rotatable bonds is 4. The first-order chi connectivity index (χ1) is 16.8. The molecule has 4 rings (SSSR count). The second-order valence-electron chi connectivity index (χ2n) is 11.7. The molecule has 0 radical (unpaired) electrons. The zero-order valence-corrected chi connectivity index (χ0v) is 22.4. The predicted octanol–water partition coefficient (Wildman–Crippen LogP) is 5.63. The molecule has 0 saturated carbocycles. The lowest BCUT2D eigenvalue weighted by Crippen LogP contribution is -2.43. The van der Waals surface area contributed by atoms with Crippen LogP contribution >= 0.6 is 11.6 Å². The molecule has 0 aliphatic carbocycles. The summed E-state index contributed by atoms with van der Waals surface area (Å²) in [5.74, 6) is 0.295. The van der Waals surface area contributed by atoms with Gasteiger partial charge in [-0.25, -0.2) is 9.78 Å². The van der Waals surface area contributed by atoms with E-state index in [0.29, 0.717) is 29.5 Å². The van der Waals surface area contributed by atoms with Crippen LogP contribution in [0.3, 0.4) is 0 Å². The number of nitrogens with zero attached hydrogens (tertiary/aromatic N) is 4. The van der Waals surface area contributed by atoms with Gasteiger partial charge in [0, 0.05) is 43.5 Å². The molecule has 192 valence electrons. The highest BCUT2D eigenvalue weighted by molar-refractivity contribution is 6.33. The third kappa shape index (κ3) is 5.84. The molecule has 0 bridgehead atoms. The van der Waals surface area contributed by atoms with E-state index in [1.54, 1.807) is 11.0 Å². The molecule has 2 aromatic heterocycles. The summed E-state index contributed by atoms with van der Waals surface area (Å²) >= 11 is 6.52. The summed E-state index contributed by atoms with van der Waals surface area (Å²) in [6.07, 6.45) is 4.00. The summed E-state index contributed by atoms with van der Waals surface area (Å²) in [4.78, 5) is 31.3. The van der Waals surface area contributed by atoms with Gasteiger partial charge in [-0.1, -0.05) is 25.4 Å². The van der Waals surface area contributed by atoms with Gasteiger partial charge in [-0.05, 0) is 63.5 Å². The van der Waals surface area contributed by atoms with Crippen molar-refractivity contribution in [2.24, 2.45) is 11.3 Å². The SMILES string of the molecule is CC1(C)Cc2c(C#N)cc(-c3cc(NC(=O)C[C@@H]4CCCN(C(=O)OC(C)(C)C)C4)ncc3Cl)n2C1. The van der Waals surface area contributed by atoms with Crippen LogP contribution in [0.25, 0.3) is 11.3 Å². The number of fused-ring (bicyclic) bond motifs is 1. The fourth-order valence-corrected chi connectivity index (χ4v) is 5.30. The van der Waals surface area contributed by atoms with E-state index in [0.717, 1.165) is 42.8 Å². The number of hydrogen-bond donors (Lipinski definition) is 1. The van der Waals surface area contributed by atoms with E-state index < -0.39 is 5.60 Å². The van der Waals surface area contributed by atoms with Crippen molar-refractivity contribution in [1.29, 1.82) is 5.26 Å². The van der Waals surface area contributed by atoms with Gasteiger partial charge in [0.1, 0.15) is 17.5 Å². The Bertz CT molecular complexity index is 1220. The second-order valence-corrected chi connectivity index (χ2v) is 12.1. The number of likely N-dealkylation sites (tertiary alicyclic amines) is 1. The van der Waals surface area contributed by atoms with E-state index in [1.165, 1.54) is 6.20 Å². The highest BCUT2D eigenvalue weighted by Crippen LogP contribution is 2.41. The molecule has 1 saturated heterocycles. The van der Waals surface area contributed by atoms with Crippen LogP contribution in [0.2, 0.25) is 5.02 Å². The maximum absolute atomic E-state index is 12.9. The van der Waals surface area contributed by atoms with Gasteiger partial charge in [0.05, 0.1) is 16.3 Å². The van der Waals surface area contributed by atoms with Crippen molar-refractivity contribution in [3.05, 3.63) is 34.6 Å². The number of nitrogens with one attached hydrogen (secondary N) is 1. The van der Waals surface area contributed by atoms with Crippen LogP contribution in [0, 0.1) is 22.7 Å². The number of carbonyl (C=O) groups is 2. The highest BCUT2D eigenvalue weighted by atomic mass is 35.5. The van der Waals surface area contributed by atoms with E-state index in [1.807, 2.05) is 26.8 Å². The van der Waals surface area contributed by atoms with Gasteiger partial charge in [0.2, 0.25) is 5.91 Å². The molecule has 2 aliphatic rings. The molecule has 1 N–H and O–H groups in total. The molecule has 0 spiro atoms. The van der Waals surface area contributed by atoms with Crippen molar-refractivity contribution >= 4 is 29.4 Å². The molecule has 2 aliphatic heterocycles. The Kier molecular flexibility index (Phi) is 7.07. The number of halogens is 1. The van der Waals surface area contributed by atoms with E-state index >= 15 is 0 Å². The van der Waals surface area contributed by atoms with Crippen molar-refractivity contribution in [3.63, 3.8) is 0 Å². The molecule has 2 amide bonds. The minimum atomic E-state index is -0.552. The molecular formula is C27H34ClN5O3. The summed E-state index contributed by atoms with van der Waals surface area (Å²) in [6.45, 7) is 11.8. The van der Waals surface area contributed by atoms with Crippen LogP contribution < -0.4 is 5.32 Å². The Morgan fingerprint density at radius 1 is 1.33 bits per heavy atom. The van der Waals surface area contributed by atoms with Crippen LogP contribution in [0.15, 0.2) is 18.3 Å². The number of piperidine rings is 1. The summed E-state index contributed by atoms with van der Waals surface area (Å²) in [5.41, 5.74) is 2.76. The number of anilines is 1. The van der Waals surface area contributed by atoms with Crippen molar-refractivity contribution in [3.8, 4) is 17.3 Å². The van der Waals surface area contributed by atoms with E-state index in [2.05, 4.69) is 34.8 Å². The van der Waals surface area contributed by atoms with Gasteiger partial charge < -0.3 is 19.5 Å². The molecule has 1 fully saturated rings. The minimum Gasteiger partial charge on any atom is -0.444 e. The maximum Gasteiger partial charge on any atom is 0.410 e. The quantitative estimate of drug-likeness (QED) is 0.573. The number of hydrogen-bond acceptors (Lipinski definition) is 5. The Balaban J connectivity index is 1.46. The number of ether oxygens (including phenoxy) is 1. The molecule has 36 heavy (non-hydrogen) atoms. The molecule has 1 atom stereocenters. The van der Waals surface area contributed by atoms with Crippen LogP contribution in [0.4, 0.5) is 10.6 Å². The van der Waals surface area contributed by atoms with Crippen molar-refractivity contribution in [1.82, 2.24) is 14.5 Å². The number of nitriles is 1. The first-order valence-electron chi connectivity index (χ1n) is 12.4. The normalized spacial score (nSPS) is 18.9. The third-order valence-corrected chi connectivity index (χ3v) is 6.91. The van der Waals surface area contributed by atoms with Gasteiger partial charge in [-0.3, -0.25) is 4.79 Å². The third-order valence-electron chi connectivity index (χ3n) is 6.60. The number of aromatic nitrogens is 2. The van der Waals surface area contributed by atoms with Crippen LogP contribution in [-0.4, -0.2) is 45.1 Å². The smallest absolute Gasteiger partial charge is 0.410 e. The number of pyridine rings is 1. The zero-order chi connectivity index (χ0) is 26.3. The van der Waals surface area contributed by atoms with Crippen LogP contribution in [-0.2, 0) is 22.5 Å². The molecular weight excluding hydrogens is 478 g/mol. The van der Waals surface area contributed by atoms with Crippen LogP contribution in [0.1, 0.15) is 65.1 Å². The van der Waals surface area contributed by atoms with Crippen molar-refractivity contribution < 1.29 is 14.3 Å². The Hall–Kier alpha value is -3.05. The first-order valence-corrected chi connectivity index (χ1v) is 12.8. The largest absolute Gasteiger partial charge is 0.444 e. The molecule has 0 aromatic carbocycles. The number of amides is 2. The average Bonchev–Trinajstić information content (AvgIpc) is 3.26. The van der Waals surface area contributed by atoms with E-state index in [9.17, 15) is 14.9 Å². The van der Waals surface area contributed by atoms with Crippen molar-refractivity contribution in [2.75, 3.05) is 18.4 Å². The van der Waals surface area contributed by atoms with Gasteiger partial charge in [0.15, 0.2) is 0 Å². The van der Waals surface area contributed by atoms with Crippen LogP contribution in [0.5, 0.6) is 0 Å². The molecule has 0 unspecified atom stereocenters. The Labute approximate surface area is 217 Å². The maximum atomic E-state index is 12.9. The summed E-state index contributed by atoms with van der Waals surface area (Å²) in [6, 6.07) is 5.94. The predicted molar refractivity (Wildman–Crippen MR) is 139 cm³/mol. The Morgan fingerprint density at radius 3 is 2.78 bits per heavy atom. The fraction of sp³-hybridized carbons (Fsp3) is 0.556. The van der Waals surface area contributed by atoms with Gasteiger partial charge in [0.25, 0.3) is 0 Å². The Morgan fingerprint density at radius 2 is 2.08 bits per heavy atom. The molecule has 2 aromatic rings. The van der Waals surface area contributed by atoms with Gasteiger partial charge >= 0.3 is 6.09 Å². The second kappa shape index (κ2) is 9.78. The molecule has 9 heteroatoms. The molecule has 4 heterocycles. The summed E-state index contributed by atoms with van der Waals surface area (Å²) in [5, 5.41) is 13.0. The topological polar surface area (TPSA) is 100 Å². The summed E-state index contributed by atoms with van der Waals surface area (Å²) in [7, 11) is 0.